The number of hydrogen-bond acceptors (Lipinski definition) is 4. The number of carbonyl (C=O) groups is 1. The van der Waals surface area contributed by atoms with Crippen LogP contribution < -0.4 is 10.5 Å². The molecule has 2 N–H and O–H groups in total. The molecular formula is C13H20N2O3. The summed E-state index contributed by atoms with van der Waals surface area (Å²) in [5.74, 6) is 0.768. The molecule has 0 aromatic heterocycles. The Balaban J connectivity index is 2.76. The molecule has 1 aromatic rings. The van der Waals surface area contributed by atoms with E-state index in [1.54, 1.807) is 7.11 Å². The molecule has 0 aliphatic heterocycles. The summed E-state index contributed by atoms with van der Waals surface area (Å²) in [7, 11) is 5.54. The molecule has 0 aliphatic rings. The van der Waals surface area contributed by atoms with Crippen molar-refractivity contribution in [3.05, 3.63) is 29.8 Å². The molecule has 0 fully saturated rings. The van der Waals surface area contributed by atoms with Gasteiger partial charge in [0, 0.05) is 13.0 Å². The summed E-state index contributed by atoms with van der Waals surface area (Å²) >= 11 is 0. The molecule has 1 rings (SSSR count). The van der Waals surface area contributed by atoms with Crippen molar-refractivity contribution in [3.63, 3.8) is 0 Å². The van der Waals surface area contributed by atoms with Crippen molar-refractivity contribution in [2.75, 3.05) is 27.7 Å². The number of benzene rings is 1. The number of methoxy groups -OCH3 is 1. The highest BCUT2D eigenvalue weighted by molar-refractivity contribution is 5.65. The van der Waals surface area contributed by atoms with Crippen LogP contribution in [0, 0.1) is 0 Å². The van der Waals surface area contributed by atoms with Crippen LogP contribution >= 0.6 is 0 Å². The maximum absolute atomic E-state index is 10.9. The molecule has 1 unspecified atom stereocenters. The molecule has 5 nitrogen and oxygen atoms in total. The third-order valence-electron chi connectivity index (χ3n) is 2.58. The van der Waals surface area contributed by atoms with Crippen LogP contribution in [0.3, 0.4) is 0 Å². The van der Waals surface area contributed by atoms with Crippen LogP contribution in [0.2, 0.25) is 0 Å². The number of ether oxygens (including phenoxy) is 2. The van der Waals surface area contributed by atoms with Gasteiger partial charge in [-0.05, 0) is 31.8 Å². The zero-order valence-electron chi connectivity index (χ0n) is 11.1. The van der Waals surface area contributed by atoms with Gasteiger partial charge in [0.05, 0.1) is 7.11 Å². The van der Waals surface area contributed by atoms with Gasteiger partial charge in [-0.25, -0.2) is 4.79 Å². The number of hydrogen-bond donors (Lipinski definition) is 1. The Labute approximate surface area is 107 Å². The lowest BCUT2D eigenvalue weighted by molar-refractivity contribution is 0.0960. The van der Waals surface area contributed by atoms with Gasteiger partial charge in [-0.15, -0.1) is 0 Å². The number of rotatable bonds is 6. The van der Waals surface area contributed by atoms with Crippen molar-refractivity contribution >= 4 is 6.09 Å². The van der Waals surface area contributed by atoms with Gasteiger partial charge < -0.3 is 20.1 Å². The lowest BCUT2D eigenvalue weighted by atomic mass is 10.1. The fraction of sp³-hybridized carbons (Fsp3) is 0.462. The molecule has 1 amide bonds. The summed E-state index contributed by atoms with van der Waals surface area (Å²) in [6.07, 6.45) is -0.382. The number of nitrogens with zero attached hydrogens (tertiary/aromatic N) is 1. The molecule has 100 valence electrons. The fourth-order valence-electron chi connectivity index (χ4n) is 1.63. The summed E-state index contributed by atoms with van der Waals surface area (Å²) < 4.78 is 10.2. The summed E-state index contributed by atoms with van der Waals surface area (Å²) in [4.78, 5) is 12.9. The quantitative estimate of drug-likeness (QED) is 0.838. The Hall–Kier alpha value is -1.75. The van der Waals surface area contributed by atoms with Crippen molar-refractivity contribution < 1.29 is 14.3 Å². The van der Waals surface area contributed by atoms with Crippen LogP contribution in [-0.2, 0) is 4.74 Å². The van der Waals surface area contributed by atoms with Crippen molar-refractivity contribution in [2.24, 2.45) is 5.73 Å². The van der Waals surface area contributed by atoms with Crippen LogP contribution in [0.25, 0.3) is 0 Å². The molecule has 1 aromatic carbocycles. The van der Waals surface area contributed by atoms with Gasteiger partial charge in [0.15, 0.2) is 0 Å². The van der Waals surface area contributed by atoms with Crippen molar-refractivity contribution in [1.29, 1.82) is 0 Å². The summed E-state index contributed by atoms with van der Waals surface area (Å²) in [6.45, 7) is 0.809. The van der Waals surface area contributed by atoms with Gasteiger partial charge >= 0.3 is 6.09 Å². The second-order valence-corrected chi connectivity index (χ2v) is 4.29. The standard InChI is InChI=1S/C13H20N2O3/c1-15(2)9-8-12(18-13(14)16)10-4-6-11(17-3)7-5-10/h4-7,12H,8-9H2,1-3H3,(H2,14,16). The van der Waals surface area contributed by atoms with Crippen molar-refractivity contribution in [3.8, 4) is 5.75 Å². The molecule has 0 bridgehead atoms. The minimum absolute atomic E-state index is 0.323. The van der Waals surface area contributed by atoms with E-state index in [9.17, 15) is 4.79 Å². The topological polar surface area (TPSA) is 64.8 Å². The Morgan fingerprint density at radius 2 is 1.94 bits per heavy atom. The van der Waals surface area contributed by atoms with E-state index in [1.807, 2.05) is 43.3 Å². The first-order chi connectivity index (χ1) is 8.52. The van der Waals surface area contributed by atoms with E-state index in [2.05, 4.69) is 0 Å². The van der Waals surface area contributed by atoms with E-state index in [-0.39, 0.29) is 6.10 Å². The van der Waals surface area contributed by atoms with E-state index >= 15 is 0 Å². The van der Waals surface area contributed by atoms with Crippen LogP contribution in [-0.4, -0.2) is 38.7 Å². The zero-order valence-corrected chi connectivity index (χ0v) is 11.1. The Morgan fingerprint density at radius 1 is 1.33 bits per heavy atom. The van der Waals surface area contributed by atoms with E-state index in [0.29, 0.717) is 6.42 Å². The minimum atomic E-state index is -0.755. The molecule has 5 heteroatoms. The Morgan fingerprint density at radius 3 is 2.39 bits per heavy atom. The largest absolute Gasteiger partial charge is 0.497 e. The maximum atomic E-state index is 10.9. The summed E-state index contributed by atoms with van der Waals surface area (Å²) in [6, 6.07) is 7.43. The second-order valence-electron chi connectivity index (χ2n) is 4.29. The van der Waals surface area contributed by atoms with E-state index < -0.39 is 6.09 Å². The SMILES string of the molecule is COc1ccc(C(CCN(C)C)OC(N)=O)cc1. The second kappa shape index (κ2) is 6.86. The maximum Gasteiger partial charge on any atom is 0.405 e. The lowest BCUT2D eigenvalue weighted by Gasteiger charge is -2.19. The Kier molecular flexibility index (Phi) is 5.45. The summed E-state index contributed by atoms with van der Waals surface area (Å²) in [5, 5.41) is 0. The van der Waals surface area contributed by atoms with Gasteiger partial charge in [0.2, 0.25) is 0 Å². The molecule has 0 spiro atoms. The average molecular weight is 252 g/mol. The average Bonchev–Trinajstić information content (AvgIpc) is 2.34. The third kappa shape index (κ3) is 4.63. The van der Waals surface area contributed by atoms with Crippen molar-refractivity contribution in [1.82, 2.24) is 4.90 Å². The van der Waals surface area contributed by atoms with E-state index in [0.717, 1.165) is 17.9 Å². The highest BCUT2D eigenvalue weighted by Gasteiger charge is 2.15. The monoisotopic (exact) mass is 252 g/mol. The molecule has 18 heavy (non-hydrogen) atoms. The van der Waals surface area contributed by atoms with Crippen LogP contribution in [0.5, 0.6) is 5.75 Å². The Bertz CT molecular complexity index is 376. The molecule has 0 saturated carbocycles. The summed E-state index contributed by atoms with van der Waals surface area (Å²) in [5.41, 5.74) is 6.01. The predicted octanol–water partition coefficient (Wildman–Crippen LogP) is 1.78. The van der Waals surface area contributed by atoms with Crippen LogP contribution in [0.15, 0.2) is 24.3 Å². The molecule has 0 heterocycles. The predicted molar refractivity (Wildman–Crippen MR) is 69.6 cm³/mol. The normalized spacial score (nSPS) is 12.2. The first-order valence-electron chi connectivity index (χ1n) is 5.77. The number of nitrogens with two attached hydrogens (primary N) is 1. The van der Waals surface area contributed by atoms with Gasteiger partial charge in [0.25, 0.3) is 0 Å². The van der Waals surface area contributed by atoms with Crippen LogP contribution in [0.4, 0.5) is 4.79 Å². The molecular weight excluding hydrogens is 232 g/mol. The van der Waals surface area contributed by atoms with Crippen LogP contribution in [0.1, 0.15) is 18.1 Å². The number of carbonyl (C=O) groups excluding carboxylic acids is 1. The molecule has 0 aliphatic carbocycles. The minimum Gasteiger partial charge on any atom is -0.497 e. The number of primary amides is 1. The van der Waals surface area contributed by atoms with E-state index in [4.69, 9.17) is 15.2 Å². The van der Waals surface area contributed by atoms with Crippen molar-refractivity contribution in [2.45, 2.75) is 12.5 Å². The van der Waals surface area contributed by atoms with Gasteiger partial charge in [-0.3, -0.25) is 0 Å². The highest BCUT2D eigenvalue weighted by atomic mass is 16.6. The molecule has 0 radical (unpaired) electrons. The molecule has 0 saturated heterocycles. The third-order valence-corrected chi connectivity index (χ3v) is 2.58. The number of amides is 1. The highest BCUT2D eigenvalue weighted by Crippen LogP contribution is 2.23. The smallest absolute Gasteiger partial charge is 0.405 e. The first-order valence-corrected chi connectivity index (χ1v) is 5.77. The fourth-order valence-corrected chi connectivity index (χ4v) is 1.63. The molecule has 1 atom stereocenters. The van der Waals surface area contributed by atoms with Gasteiger partial charge in [0.1, 0.15) is 11.9 Å². The van der Waals surface area contributed by atoms with Gasteiger partial charge in [-0.2, -0.15) is 0 Å². The lowest BCUT2D eigenvalue weighted by Crippen LogP contribution is -2.22. The van der Waals surface area contributed by atoms with Gasteiger partial charge in [-0.1, -0.05) is 12.1 Å². The van der Waals surface area contributed by atoms with E-state index in [1.165, 1.54) is 0 Å². The first kappa shape index (κ1) is 14.3. The zero-order chi connectivity index (χ0) is 13.5.